The van der Waals surface area contributed by atoms with Crippen LogP contribution in [0.1, 0.15) is 31.4 Å². The lowest BCUT2D eigenvalue weighted by molar-refractivity contribution is -0.143. The first-order valence-corrected chi connectivity index (χ1v) is 5.97. The van der Waals surface area contributed by atoms with E-state index >= 15 is 0 Å². The lowest BCUT2D eigenvalue weighted by Crippen LogP contribution is -2.29. The van der Waals surface area contributed by atoms with Gasteiger partial charge in [0, 0.05) is 5.69 Å². The van der Waals surface area contributed by atoms with Crippen LogP contribution in [0.4, 0.5) is 0 Å². The summed E-state index contributed by atoms with van der Waals surface area (Å²) in [5.41, 5.74) is 0.949. The summed E-state index contributed by atoms with van der Waals surface area (Å²) in [6.07, 6.45) is 4.91. The summed E-state index contributed by atoms with van der Waals surface area (Å²) in [5, 5.41) is 8.99. The van der Waals surface area contributed by atoms with E-state index in [9.17, 15) is 4.79 Å². The first kappa shape index (κ1) is 11.9. The number of hydrogen-bond acceptors (Lipinski definition) is 3. The van der Waals surface area contributed by atoms with Crippen molar-refractivity contribution in [2.45, 2.75) is 38.7 Å². The van der Waals surface area contributed by atoms with Crippen LogP contribution < -0.4 is 4.74 Å². The van der Waals surface area contributed by atoms with Crippen LogP contribution in [0.2, 0.25) is 0 Å². The first-order valence-electron chi connectivity index (χ1n) is 5.97. The van der Waals surface area contributed by atoms with Crippen molar-refractivity contribution in [2.24, 2.45) is 5.92 Å². The number of pyridine rings is 1. The Morgan fingerprint density at radius 3 is 2.94 bits per heavy atom. The number of aromatic nitrogens is 1. The lowest BCUT2D eigenvalue weighted by atomic mass is 9.87. The van der Waals surface area contributed by atoms with E-state index in [-0.39, 0.29) is 12.0 Å². The van der Waals surface area contributed by atoms with Crippen molar-refractivity contribution >= 4 is 5.97 Å². The molecule has 0 amide bonds. The molecular formula is C13H17NO3. The average Bonchev–Trinajstić information content (AvgIpc) is 2.32. The second-order valence-electron chi connectivity index (χ2n) is 4.58. The molecule has 0 aliphatic heterocycles. The molecule has 0 spiro atoms. The molecule has 0 saturated heterocycles. The molecule has 0 radical (unpaired) electrons. The van der Waals surface area contributed by atoms with Gasteiger partial charge in [-0.3, -0.25) is 9.78 Å². The SMILES string of the molecule is Cc1ccc(O[C@H]2CCC[C@H](C(=O)O)C2)cn1. The van der Waals surface area contributed by atoms with Crippen molar-refractivity contribution in [1.29, 1.82) is 0 Å². The third kappa shape index (κ3) is 3.19. The first-order chi connectivity index (χ1) is 8.15. The van der Waals surface area contributed by atoms with Crippen molar-refractivity contribution in [3.05, 3.63) is 24.0 Å². The highest BCUT2D eigenvalue weighted by molar-refractivity contribution is 5.70. The summed E-state index contributed by atoms with van der Waals surface area (Å²) in [7, 11) is 0. The predicted molar refractivity (Wildman–Crippen MR) is 63.0 cm³/mol. The zero-order valence-electron chi connectivity index (χ0n) is 9.93. The maximum atomic E-state index is 10.9. The van der Waals surface area contributed by atoms with Crippen LogP contribution in [0.3, 0.4) is 0 Å². The molecule has 2 rings (SSSR count). The number of carboxylic acids is 1. The number of hydrogen-bond donors (Lipinski definition) is 1. The average molecular weight is 235 g/mol. The van der Waals surface area contributed by atoms with Gasteiger partial charge >= 0.3 is 5.97 Å². The van der Waals surface area contributed by atoms with Gasteiger partial charge in [0.1, 0.15) is 5.75 Å². The number of rotatable bonds is 3. The van der Waals surface area contributed by atoms with E-state index in [1.807, 2.05) is 19.1 Å². The molecule has 0 unspecified atom stereocenters. The number of carboxylic acid groups (broad SMARTS) is 1. The molecule has 0 bridgehead atoms. The Morgan fingerprint density at radius 2 is 2.29 bits per heavy atom. The molecule has 4 heteroatoms. The van der Waals surface area contributed by atoms with Crippen LogP contribution in [-0.4, -0.2) is 22.2 Å². The monoisotopic (exact) mass is 235 g/mol. The van der Waals surface area contributed by atoms with Crippen molar-refractivity contribution < 1.29 is 14.6 Å². The van der Waals surface area contributed by atoms with Gasteiger partial charge in [0.05, 0.1) is 18.2 Å². The largest absolute Gasteiger partial charge is 0.489 e. The van der Waals surface area contributed by atoms with E-state index < -0.39 is 5.97 Å². The molecule has 1 heterocycles. The Balaban J connectivity index is 1.94. The number of nitrogens with zero attached hydrogens (tertiary/aromatic N) is 1. The molecule has 17 heavy (non-hydrogen) atoms. The highest BCUT2D eigenvalue weighted by Gasteiger charge is 2.28. The summed E-state index contributed by atoms with van der Waals surface area (Å²) in [5.74, 6) is -0.237. The standard InChI is InChI=1S/C13H17NO3/c1-9-5-6-12(8-14-9)17-11-4-2-3-10(7-11)13(15)16/h5-6,8,10-11H,2-4,7H2,1H3,(H,15,16)/t10-,11-/m0/s1. The fraction of sp³-hybridized carbons (Fsp3) is 0.538. The van der Waals surface area contributed by atoms with Gasteiger partial charge in [-0.05, 0) is 44.7 Å². The van der Waals surface area contributed by atoms with Gasteiger partial charge in [0.25, 0.3) is 0 Å². The molecule has 2 atom stereocenters. The minimum Gasteiger partial charge on any atom is -0.489 e. The van der Waals surface area contributed by atoms with Gasteiger partial charge in [0.2, 0.25) is 0 Å². The maximum absolute atomic E-state index is 10.9. The molecule has 1 fully saturated rings. The van der Waals surface area contributed by atoms with E-state index in [1.54, 1.807) is 6.20 Å². The molecule has 1 aromatic heterocycles. The van der Waals surface area contributed by atoms with Gasteiger partial charge in [0.15, 0.2) is 0 Å². The minimum absolute atomic E-state index is 0.00866. The van der Waals surface area contributed by atoms with Gasteiger partial charge in [-0.15, -0.1) is 0 Å². The van der Waals surface area contributed by atoms with Crippen LogP contribution in [-0.2, 0) is 4.79 Å². The Bertz CT molecular complexity index is 388. The number of aliphatic carboxylic acids is 1. The Labute approximate surface area is 101 Å². The summed E-state index contributed by atoms with van der Waals surface area (Å²) in [4.78, 5) is 15.1. The Morgan fingerprint density at radius 1 is 1.47 bits per heavy atom. The molecule has 4 nitrogen and oxygen atoms in total. The fourth-order valence-electron chi connectivity index (χ4n) is 2.19. The molecule has 92 valence electrons. The van der Waals surface area contributed by atoms with Crippen molar-refractivity contribution in [2.75, 3.05) is 0 Å². The van der Waals surface area contributed by atoms with E-state index in [0.717, 1.165) is 30.7 Å². The summed E-state index contributed by atoms with van der Waals surface area (Å²) >= 11 is 0. The van der Waals surface area contributed by atoms with Crippen molar-refractivity contribution in [1.82, 2.24) is 4.98 Å². The lowest BCUT2D eigenvalue weighted by Gasteiger charge is -2.27. The highest BCUT2D eigenvalue weighted by Crippen LogP contribution is 2.27. The van der Waals surface area contributed by atoms with Crippen molar-refractivity contribution in [3.63, 3.8) is 0 Å². The van der Waals surface area contributed by atoms with E-state index in [2.05, 4.69) is 4.98 Å². The Kier molecular flexibility index (Phi) is 3.61. The zero-order chi connectivity index (χ0) is 12.3. The molecule has 1 N–H and O–H groups in total. The fourth-order valence-corrected chi connectivity index (χ4v) is 2.19. The molecule has 1 aliphatic carbocycles. The van der Waals surface area contributed by atoms with Gasteiger partial charge in [-0.2, -0.15) is 0 Å². The molecule has 1 aliphatic rings. The second-order valence-corrected chi connectivity index (χ2v) is 4.58. The van der Waals surface area contributed by atoms with Crippen LogP contribution in [0.25, 0.3) is 0 Å². The van der Waals surface area contributed by atoms with E-state index in [4.69, 9.17) is 9.84 Å². The summed E-state index contributed by atoms with van der Waals surface area (Å²) in [6, 6.07) is 3.78. The van der Waals surface area contributed by atoms with Crippen LogP contribution >= 0.6 is 0 Å². The molecule has 1 aromatic rings. The Hall–Kier alpha value is -1.58. The van der Waals surface area contributed by atoms with Gasteiger partial charge in [-0.1, -0.05) is 0 Å². The van der Waals surface area contributed by atoms with E-state index in [1.165, 1.54) is 0 Å². The normalized spacial score (nSPS) is 24.3. The summed E-state index contributed by atoms with van der Waals surface area (Å²) in [6.45, 7) is 1.92. The topological polar surface area (TPSA) is 59.4 Å². The minimum atomic E-state index is -0.708. The zero-order valence-corrected chi connectivity index (χ0v) is 9.93. The number of carbonyl (C=O) groups is 1. The quantitative estimate of drug-likeness (QED) is 0.874. The smallest absolute Gasteiger partial charge is 0.306 e. The van der Waals surface area contributed by atoms with Gasteiger partial charge in [-0.25, -0.2) is 0 Å². The van der Waals surface area contributed by atoms with Crippen molar-refractivity contribution in [3.8, 4) is 5.75 Å². The maximum Gasteiger partial charge on any atom is 0.306 e. The molecule has 0 aromatic carbocycles. The number of aryl methyl sites for hydroxylation is 1. The molecule has 1 saturated carbocycles. The van der Waals surface area contributed by atoms with E-state index in [0.29, 0.717) is 6.42 Å². The highest BCUT2D eigenvalue weighted by atomic mass is 16.5. The van der Waals surface area contributed by atoms with Crippen LogP contribution in [0.5, 0.6) is 5.75 Å². The third-order valence-corrected chi connectivity index (χ3v) is 3.16. The molecular weight excluding hydrogens is 218 g/mol. The third-order valence-electron chi connectivity index (χ3n) is 3.16. The van der Waals surface area contributed by atoms with Gasteiger partial charge < -0.3 is 9.84 Å². The van der Waals surface area contributed by atoms with Crippen LogP contribution in [0, 0.1) is 12.8 Å². The second kappa shape index (κ2) is 5.17. The summed E-state index contributed by atoms with van der Waals surface area (Å²) < 4.78 is 5.76. The number of ether oxygens (including phenoxy) is 1. The van der Waals surface area contributed by atoms with Crippen LogP contribution in [0.15, 0.2) is 18.3 Å². The predicted octanol–water partition coefficient (Wildman–Crippen LogP) is 2.41.